The van der Waals surface area contributed by atoms with Crippen molar-refractivity contribution in [3.63, 3.8) is 0 Å². The highest BCUT2D eigenvalue weighted by Gasteiger charge is 2.31. The van der Waals surface area contributed by atoms with Gasteiger partial charge in [0.15, 0.2) is 0 Å². The number of alkyl halides is 3. The number of nitrogens with zero attached hydrogens (tertiary/aromatic N) is 1. The number of ether oxygens (including phenoxy) is 1. The largest absolute Gasteiger partial charge is 0.416 e. The summed E-state index contributed by atoms with van der Waals surface area (Å²) < 4.78 is 45.0. The van der Waals surface area contributed by atoms with Gasteiger partial charge in [-0.15, -0.1) is 0 Å². The fourth-order valence-corrected chi connectivity index (χ4v) is 3.77. The van der Waals surface area contributed by atoms with Crippen molar-refractivity contribution in [1.82, 2.24) is 10.3 Å². The third-order valence-electron chi connectivity index (χ3n) is 5.25. The second-order valence-corrected chi connectivity index (χ2v) is 8.75. The molecule has 5 nitrogen and oxygen atoms in total. The van der Waals surface area contributed by atoms with Crippen LogP contribution in [-0.2, 0) is 10.9 Å². The van der Waals surface area contributed by atoms with Crippen molar-refractivity contribution in [1.29, 1.82) is 0 Å². The molecule has 1 aromatic heterocycles. The summed E-state index contributed by atoms with van der Waals surface area (Å²) >= 11 is 3.27. The molecule has 0 radical (unpaired) electrons. The van der Waals surface area contributed by atoms with E-state index in [-0.39, 0.29) is 17.5 Å². The van der Waals surface area contributed by atoms with Crippen LogP contribution in [0.25, 0.3) is 0 Å². The molecule has 2 heterocycles. The van der Waals surface area contributed by atoms with E-state index in [2.05, 4.69) is 31.5 Å². The summed E-state index contributed by atoms with van der Waals surface area (Å²) in [5, 5.41) is 5.91. The van der Waals surface area contributed by atoms with Gasteiger partial charge in [0.1, 0.15) is 5.82 Å². The monoisotopic (exact) mass is 499 g/mol. The van der Waals surface area contributed by atoms with Crippen molar-refractivity contribution < 1.29 is 22.7 Å². The number of halogens is 4. The van der Waals surface area contributed by atoms with Crippen molar-refractivity contribution >= 4 is 33.3 Å². The zero-order valence-electron chi connectivity index (χ0n) is 17.4. The van der Waals surface area contributed by atoms with Crippen molar-refractivity contribution in [2.24, 2.45) is 5.92 Å². The summed E-state index contributed by atoms with van der Waals surface area (Å²) in [4.78, 5) is 17.0. The highest BCUT2D eigenvalue weighted by atomic mass is 79.9. The lowest BCUT2D eigenvalue weighted by Gasteiger charge is -2.22. The number of carbonyl (C=O) groups excluding carboxylic acids is 1. The van der Waals surface area contributed by atoms with Crippen LogP contribution in [0.3, 0.4) is 0 Å². The minimum atomic E-state index is -4.44. The zero-order chi connectivity index (χ0) is 22.6. The van der Waals surface area contributed by atoms with Gasteiger partial charge in [0, 0.05) is 30.4 Å². The first-order valence-corrected chi connectivity index (χ1v) is 10.9. The molecular weight excluding hydrogens is 475 g/mol. The van der Waals surface area contributed by atoms with Crippen molar-refractivity contribution in [2.45, 2.75) is 38.8 Å². The number of carbonyl (C=O) groups is 1. The average molecular weight is 500 g/mol. The van der Waals surface area contributed by atoms with Crippen molar-refractivity contribution in [3.8, 4) is 0 Å². The maximum atomic E-state index is 13.0. The summed E-state index contributed by atoms with van der Waals surface area (Å²) in [5.41, 5.74) is 0.723. The van der Waals surface area contributed by atoms with Crippen LogP contribution in [0.5, 0.6) is 0 Å². The molecule has 1 fully saturated rings. The number of amides is 1. The van der Waals surface area contributed by atoms with Crippen LogP contribution in [0.15, 0.2) is 34.9 Å². The number of aromatic nitrogens is 1. The maximum Gasteiger partial charge on any atom is 0.416 e. The van der Waals surface area contributed by atoms with E-state index in [1.54, 1.807) is 6.07 Å². The molecule has 2 aromatic rings. The molecule has 2 N–H and O–H groups in total. The Morgan fingerprint density at radius 2 is 1.97 bits per heavy atom. The van der Waals surface area contributed by atoms with Gasteiger partial charge in [-0.05, 0) is 70.4 Å². The van der Waals surface area contributed by atoms with Gasteiger partial charge < -0.3 is 15.4 Å². The van der Waals surface area contributed by atoms with Crippen LogP contribution in [-0.4, -0.2) is 30.6 Å². The molecule has 168 valence electrons. The third kappa shape index (κ3) is 6.20. The number of nitrogens with one attached hydrogen (secondary N) is 2. The van der Waals surface area contributed by atoms with Gasteiger partial charge in [-0.25, -0.2) is 4.98 Å². The van der Waals surface area contributed by atoms with Gasteiger partial charge in [0.25, 0.3) is 5.91 Å². The van der Waals surface area contributed by atoms with Crippen LogP contribution in [0, 0.1) is 5.92 Å². The number of rotatable bonds is 6. The van der Waals surface area contributed by atoms with Gasteiger partial charge in [0.2, 0.25) is 0 Å². The Morgan fingerprint density at radius 3 is 2.61 bits per heavy atom. The molecule has 0 spiro atoms. The van der Waals surface area contributed by atoms with E-state index in [1.807, 2.05) is 13.8 Å². The Balaban J connectivity index is 1.78. The van der Waals surface area contributed by atoms with Crippen LogP contribution in [0.4, 0.5) is 24.7 Å². The maximum absolute atomic E-state index is 13.0. The molecule has 1 aliphatic rings. The van der Waals surface area contributed by atoms with Gasteiger partial charge in [-0.1, -0.05) is 13.8 Å². The number of benzene rings is 1. The molecule has 3 rings (SSSR count). The van der Waals surface area contributed by atoms with Crippen molar-refractivity contribution in [3.05, 3.63) is 51.6 Å². The minimum absolute atomic E-state index is 0.0253. The number of hydrogen-bond acceptors (Lipinski definition) is 4. The Bertz CT molecular complexity index is 929. The highest BCUT2D eigenvalue weighted by molar-refractivity contribution is 9.10. The summed E-state index contributed by atoms with van der Waals surface area (Å²) in [6, 6.07) is 5.08. The molecule has 9 heteroatoms. The summed E-state index contributed by atoms with van der Waals surface area (Å²) in [6.45, 7) is 5.91. The van der Waals surface area contributed by atoms with Crippen LogP contribution in [0.1, 0.15) is 54.1 Å². The minimum Gasteiger partial charge on any atom is -0.381 e. The van der Waals surface area contributed by atoms with Crippen LogP contribution in [0.2, 0.25) is 0 Å². The lowest BCUT2D eigenvalue weighted by Crippen LogP contribution is -2.32. The summed E-state index contributed by atoms with van der Waals surface area (Å²) in [7, 11) is 0. The molecule has 1 amide bonds. The molecule has 1 saturated heterocycles. The molecule has 1 aliphatic heterocycles. The Hall–Kier alpha value is -2.13. The fourth-order valence-electron chi connectivity index (χ4n) is 3.42. The molecule has 0 aliphatic carbocycles. The first-order chi connectivity index (χ1) is 14.6. The smallest absolute Gasteiger partial charge is 0.381 e. The number of pyridine rings is 1. The van der Waals surface area contributed by atoms with Gasteiger partial charge in [0.05, 0.1) is 16.8 Å². The second kappa shape index (κ2) is 9.99. The molecule has 1 aromatic carbocycles. The molecular formula is C22H25BrF3N3O2. The second-order valence-electron chi connectivity index (χ2n) is 7.89. The lowest BCUT2D eigenvalue weighted by molar-refractivity contribution is -0.137. The normalized spacial score (nSPS) is 15.2. The Morgan fingerprint density at radius 1 is 1.26 bits per heavy atom. The van der Waals surface area contributed by atoms with E-state index in [0.29, 0.717) is 41.5 Å². The molecule has 0 bridgehead atoms. The fraction of sp³-hybridized carbons (Fsp3) is 0.455. The van der Waals surface area contributed by atoms with Gasteiger partial charge in [-0.2, -0.15) is 13.2 Å². The molecule has 0 unspecified atom stereocenters. The van der Waals surface area contributed by atoms with Gasteiger partial charge in [-0.3, -0.25) is 4.79 Å². The van der Waals surface area contributed by atoms with E-state index in [9.17, 15) is 18.0 Å². The zero-order valence-corrected chi connectivity index (χ0v) is 18.9. The molecule has 0 atom stereocenters. The SMILES string of the molecule is CC(C)c1cc(Nc2cc(C(F)(F)F)ccc2Br)ncc1C(=O)NCC1CCOCC1. The standard InChI is InChI=1S/C22H25BrF3N3O2/c1-13(2)16-10-20(29-19-9-15(22(24,25)26)3-4-18(19)23)27-12-17(16)21(30)28-11-14-5-7-31-8-6-14/h3-4,9-10,12-14H,5-8,11H2,1-2H3,(H,27,29)(H,28,30). The topological polar surface area (TPSA) is 63.2 Å². The van der Waals surface area contributed by atoms with E-state index >= 15 is 0 Å². The average Bonchev–Trinajstić information content (AvgIpc) is 2.73. The summed E-state index contributed by atoms with van der Waals surface area (Å²) in [6.07, 6.45) is -1.13. The molecule has 31 heavy (non-hydrogen) atoms. The van der Waals surface area contributed by atoms with E-state index in [4.69, 9.17) is 4.74 Å². The van der Waals surface area contributed by atoms with Gasteiger partial charge >= 0.3 is 6.18 Å². The van der Waals surface area contributed by atoms with Crippen molar-refractivity contribution in [2.75, 3.05) is 25.1 Å². The quantitative estimate of drug-likeness (QED) is 0.520. The first-order valence-electron chi connectivity index (χ1n) is 10.1. The lowest BCUT2D eigenvalue weighted by atomic mass is 9.97. The van der Waals surface area contributed by atoms with Crippen LogP contribution < -0.4 is 10.6 Å². The van der Waals surface area contributed by atoms with E-state index in [0.717, 1.165) is 30.5 Å². The third-order valence-corrected chi connectivity index (χ3v) is 5.94. The number of hydrogen-bond donors (Lipinski definition) is 2. The predicted molar refractivity (Wildman–Crippen MR) is 117 cm³/mol. The predicted octanol–water partition coefficient (Wildman–Crippen LogP) is 5.89. The number of anilines is 2. The molecule has 0 saturated carbocycles. The van der Waals surface area contributed by atoms with E-state index < -0.39 is 11.7 Å². The Kier molecular flexibility index (Phi) is 7.59. The van der Waals surface area contributed by atoms with E-state index in [1.165, 1.54) is 12.3 Å². The highest BCUT2D eigenvalue weighted by Crippen LogP contribution is 2.35. The Labute approximate surface area is 187 Å². The van der Waals surface area contributed by atoms with Crippen LogP contribution >= 0.6 is 15.9 Å². The summed E-state index contributed by atoms with van der Waals surface area (Å²) in [5.74, 6) is 0.587. The first kappa shape index (κ1) is 23.5.